The molecule has 0 saturated carbocycles. The van der Waals surface area contributed by atoms with Crippen LogP contribution in [0.4, 0.5) is 0 Å². The third-order valence-corrected chi connectivity index (χ3v) is 3.28. The lowest BCUT2D eigenvalue weighted by atomic mass is 10.1. The van der Waals surface area contributed by atoms with Crippen LogP contribution in [0.1, 0.15) is 17.3 Å². The fourth-order valence-corrected chi connectivity index (χ4v) is 1.96. The first-order chi connectivity index (χ1) is 10.6. The number of hydrogen-bond donors (Lipinski definition) is 1. The van der Waals surface area contributed by atoms with Crippen molar-refractivity contribution in [2.75, 3.05) is 13.2 Å². The highest BCUT2D eigenvalue weighted by Crippen LogP contribution is 2.23. The van der Waals surface area contributed by atoms with Crippen LogP contribution in [0.3, 0.4) is 0 Å². The van der Waals surface area contributed by atoms with Gasteiger partial charge in [-0.1, -0.05) is 23.7 Å². The van der Waals surface area contributed by atoms with Crippen molar-refractivity contribution in [1.29, 1.82) is 0 Å². The molecule has 0 radical (unpaired) electrons. The summed E-state index contributed by atoms with van der Waals surface area (Å²) < 4.78 is 10.9. The Morgan fingerprint density at radius 2 is 1.73 bits per heavy atom. The van der Waals surface area contributed by atoms with Crippen molar-refractivity contribution in [3.63, 3.8) is 0 Å². The summed E-state index contributed by atoms with van der Waals surface area (Å²) in [5.74, 6) is 1.11. The van der Waals surface area contributed by atoms with Crippen LogP contribution in [0.15, 0.2) is 48.5 Å². The lowest BCUT2D eigenvalue weighted by molar-refractivity contribution is 0.0627. The third-order valence-electron chi connectivity index (χ3n) is 2.97. The topological polar surface area (TPSA) is 55.8 Å². The molecule has 2 aromatic carbocycles. The molecule has 1 unspecified atom stereocenters. The molecule has 116 valence electrons. The first-order valence-corrected chi connectivity index (χ1v) is 7.23. The van der Waals surface area contributed by atoms with E-state index >= 15 is 0 Å². The summed E-state index contributed by atoms with van der Waals surface area (Å²) in [5.41, 5.74) is 0.620. The lowest BCUT2D eigenvalue weighted by Crippen LogP contribution is -2.25. The molecule has 0 aromatic heterocycles. The molecule has 0 saturated heterocycles. The van der Waals surface area contributed by atoms with E-state index in [1.807, 2.05) is 0 Å². The zero-order valence-electron chi connectivity index (χ0n) is 12.2. The van der Waals surface area contributed by atoms with Gasteiger partial charge in [0, 0.05) is 5.56 Å². The molecule has 2 aromatic rings. The second kappa shape index (κ2) is 7.82. The molecule has 1 N–H and O–H groups in total. The van der Waals surface area contributed by atoms with Crippen LogP contribution in [0.25, 0.3) is 0 Å². The largest absolute Gasteiger partial charge is 0.491 e. The number of aliphatic hydroxyl groups is 1. The first kappa shape index (κ1) is 16.3. The van der Waals surface area contributed by atoms with Crippen molar-refractivity contribution in [3.05, 3.63) is 59.1 Å². The molecule has 1 atom stereocenters. The van der Waals surface area contributed by atoms with Gasteiger partial charge in [0.25, 0.3) is 0 Å². The molecular weight excluding hydrogens is 304 g/mol. The third kappa shape index (κ3) is 4.76. The van der Waals surface area contributed by atoms with Gasteiger partial charge in [-0.2, -0.15) is 0 Å². The van der Waals surface area contributed by atoms with Crippen LogP contribution < -0.4 is 9.47 Å². The van der Waals surface area contributed by atoms with Crippen molar-refractivity contribution in [1.82, 2.24) is 0 Å². The average Bonchev–Trinajstić information content (AvgIpc) is 2.52. The Kier molecular flexibility index (Phi) is 5.81. The Morgan fingerprint density at radius 1 is 1.09 bits per heavy atom. The fraction of sp³-hybridized carbons (Fsp3) is 0.235. The van der Waals surface area contributed by atoms with Gasteiger partial charge >= 0.3 is 0 Å². The van der Waals surface area contributed by atoms with Gasteiger partial charge in [-0.15, -0.1) is 0 Å². The molecule has 0 amide bonds. The van der Waals surface area contributed by atoms with E-state index in [2.05, 4.69) is 0 Å². The van der Waals surface area contributed by atoms with Gasteiger partial charge in [-0.25, -0.2) is 0 Å². The Hall–Kier alpha value is -2.04. The maximum Gasteiger partial charge on any atom is 0.159 e. The Balaban J connectivity index is 1.79. The van der Waals surface area contributed by atoms with E-state index in [0.717, 1.165) is 0 Å². The van der Waals surface area contributed by atoms with Gasteiger partial charge in [0.05, 0.1) is 5.02 Å². The maximum absolute atomic E-state index is 11.2. The van der Waals surface area contributed by atoms with Crippen molar-refractivity contribution in [2.45, 2.75) is 13.0 Å². The van der Waals surface area contributed by atoms with Crippen LogP contribution >= 0.6 is 11.6 Å². The average molecular weight is 321 g/mol. The van der Waals surface area contributed by atoms with E-state index < -0.39 is 6.10 Å². The molecule has 0 fully saturated rings. The van der Waals surface area contributed by atoms with Gasteiger partial charge in [-0.3, -0.25) is 4.79 Å². The molecule has 0 aliphatic heterocycles. The van der Waals surface area contributed by atoms with Gasteiger partial charge in [0.2, 0.25) is 0 Å². The molecule has 2 rings (SSSR count). The lowest BCUT2D eigenvalue weighted by Gasteiger charge is -2.14. The van der Waals surface area contributed by atoms with Crippen LogP contribution in [-0.2, 0) is 0 Å². The Labute approximate surface area is 134 Å². The minimum absolute atomic E-state index is 0.000255. The molecule has 5 heteroatoms. The van der Waals surface area contributed by atoms with Crippen molar-refractivity contribution >= 4 is 17.4 Å². The normalized spacial score (nSPS) is 11.8. The van der Waals surface area contributed by atoms with Crippen LogP contribution in [0.5, 0.6) is 11.5 Å². The van der Waals surface area contributed by atoms with Crippen LogP contribution in [0, 0.1) is 0 Å². The molecule has 0 aliphatic rings. The molecule has 0 bridgehead atoms. The summed E-state index contributed by atoms with van der Waals surface area (Å²) in [6.07, 6.45) is -0.788. The fourth-order valence-electron chi connectivity index (χ4n) is 1.77. The van der Waals surface area contributed by atoms with Gasteiger partial charge in [0.15, 0.2) is 5.78 Å². The number of carbonyl (C=O) groups excluding carboxylic acids is 1. The highest BCUT2D eigenvalue weighted by molar-refractivity contribution is 6.32. The van der Waals surface area contributed by atoms with Gasteiger partial charge < -0.3 is 14.6 Å². The quantitative estimate of drug-likeness (QED) is 0.795. The summed E-state index contributed by atoms with van der Waals surface area (Å²) in [6, 6.07) is 13.8. The van der Waals surface area contributed by atoms with Crippen molar-refractivity contribution < 1.29 is 19.4 Å². The summed E-state index contributed by atoms with van der Waals surface area (Å²) in [6.45, 7) is 1.67. The zero-order valence-corrected chi connectivity index (χ0v) is 12.9. The maximum atomic E-state index is 11.2. The second-order valence-electron chi connectivity index (χ2n) is 4.79. The summed E-state index contributed by atoms with van der Waals surface area (Å²) in [5, 5.41) is 10.4. The molecular formula is C17H17ClO4. The monoisotopic (exact) mass is 320 g/mol. The van der Waals surface area contributed by atoms with E-state index in [4.69, 9.17) is 21.1 Å². The smallest absolute Gasteiger partial charge is 0.159 e. The first-order valence-electron chi connectivity index (χ1n) is 6.85. The summed E-state index contributed by atoms with van der Waals surface area (Å²) in [7, 11) is 0. The van der Waals surface area contributed by atoms with E-state index in [9.17, 15) is 9.90 Å². The van der Waals surface area contributed by atoms with Crippen molar-refractivity contribution in [2.24, 2.45) is 0 Å². The number of ketones is 1. The Bertz CT molecular complexity index is 625. The number of aliphatic hydroxyl groups excluding tert-OH is 1. The molecule has 0 heterocycles. The van der Waals surface area contributed by atoms with E-state index in [1.54, 1.807) is 48.5 Å². The number of rotatable bonds is 7. The number of para-hydroxylation sites is 1. The Morgan fingerprint density at radius 3 is 2.36 bits per heavy atom. The minimum Gasteiger partial charge on any atom is -0.491 e. The second-order valence-corrected chi connectivity index (χ2v) is 5.19. The number of ether oxygens (including phenoxy) is 2. The van der Waals surface area contributed by atoms with Gasteiger partial charge in [-0.05, 0) is 43.3 Å². The number of hydrogen-bond acceptors (Lipinski definition) is 4. The number of carbonyl (C=O) groups is 1. The molecule has 0 aliphatic carbocycles. The highest BCUT2D eigenvalue weighted by Gasteiger charge is 2.08. The number of Topliss-reactive ketones (excluding diaryl/α,β-unsaturated/α-hetero) is 1. The predicted octanol–water partition coefficient (Wildman–Crippen LogP) is 3.36. The summed E-state index contributed by atoms with van der Waals surface area (Å²) in [4.78, 5) is 11.2. The minimum atomic E-state index is -0.788. The van der Waals surface area contributed by atoms with Crippen molar-refractivity contribution in [3.8, 4) is 11.5 Å². The zero-order chi connectivity index (χ0) is 15.9. The summed E-state index contributed by atoms with van der Waals surface area (Å²) >= 11 is 5.96. The van der Waals surface area contributed by atoms with Crippen LogP contribution in [0.2, 0.25) is 5.02 Å². The molecule has 0 spiro atoms. The number of benzene rings is 2. The van der Waals surface area contributed by atoms with E-state index in [0.29, 0.717) is 22.1 Å². The van der Waals surface area contributed by atoms with E-state index in [-0.39, 0.29) is 19.0 Å². The molecule has 22 heavy (non-hydrogen) atoms. The predicted molar refractivity (Wildman–Crippen MR) is 84.9 cm³/mol. The molecule has 4 nitrogen and oxygen atoms in total. The highest BCUT2D eigenvalue weighted by atomic mass is 35.5. The SMILES string of the molecule is CC(=O)c1ccc(OCC(O)COc2ccccc2Cl)cc1. The van der Waals surface area contributed by atoms with E-state index in [1.165, 1.54) is 6.92 Å². The number of halogens is 1. The van der Waals surface area contributed by atoms with Crippen LogP contribution in [-0.4, -0.2) is 30.2 Å². The standard InChI is InChI=1S/C17H17ClO4/c1-12(19)13-6-8-15(9-7-13)21-10-14(20)11-22-17-5-3-2-4-16(17)18/h2-9,14,20H,10-11H2,1H3. The van der Waals surface area contributed by atoms with Gasteiger partial charge in [0.1, 0.15) is 30.8 Å².